The molecule has 3 nitrogen and oxygen atoms in total. The zero-order valence-corrected chi connectivity index (χ0v) is 9.02. The predicted molar refractivity (Wildman–Crippen MR) is 61.3 cm³/mol. The van der Waals surface area contributed by atoms with E-state index < -0.39 is 0 Å². The Morgan fingerprint density at radius 1 is 1.47 bits per heavy atom. The molecule has 2 rings (SSSR count). The fourth-order valence-corrected chi connectivity index (χ4v) is 2.34. The standard InChI is InChI=1S/C12H19N3/c13-7-11-4-1-5-12(11)15-9-10-3-2-6-14-8-10/h2-3,6,8,11-12,15H,1,4-5,7,9,13H2. The molecule has 1 aliphatic carbocycles. The molecule has 1 heterocycles. The van der Waals surface area contributed by atoms with Crippen LogP contribution in [0.15, 0.2) is 24.5 Å². The molecule has 0 amide bonds. The Bertz CT molecular complexity index is 286. The minimum absolute atomic E-state index is 0.607. The first kappa shape index (κ1) is 10.6. The maximum absolute atomic E-state index is 5.74. The van der Waals surface area contributed by atoms with Crippen molar-refractivity contribution in [1.29, 1.82) is 0 Å². The van der Waals surface area contributed by atoms with Gasteiger partial charge in [-0.25, -0.2) is 0 Å². The number of rotatable bonds is 4. The Morgan fingerprint density at radius 3 is 3.13 bits per heavy atom. The number of hydrogen-bond acceptors (Lipinski definition) is 3. The van der Waals surface area contributed by atoms with Crippen molar-refractivity contribution in [2.45, 2.75) is 31.8 Å². The van der Waals surface area contributed by atoms with Gasteiger partial charge in [0.15, 0.2) is 0 Å². The molecule has 82 valence electrons. The van der Waals surface area contributed by atoms with Gasteiger partial charge in [-0.3, -0.25) is 4.98 Å². The highest BCUT2D eigenvalue weighted by Crippen LogP contribution is 2.24. The van der Waals surface area contributed by atoms with Crippen LogP contribution in [0.5, 0.6) is 0 Å². The lowest BCUT2D eigenvalue weighted by Gasteiger charge is -2.19. The number of pyridine rings is 1. The van der Waals surface area contributed by atoms with E-state index in [4.69, 9.17) is 5.73 Å². The van der Waals surface area contributed by atoms with E-state index in [1.807, 2.05) is 18.5 Å². The van der Waals surface area contributed by atoms with Gasteiger partial charge in [0.05, 0.1) is 0 Å². The summed E-state index contributed by atoms with van der Waals surface area (Å²) in [5.74, 6) is 0.668. The summed E-state index contributed by atoms with van der Waals surface area (Å²) >= 11 is 0. The van der Waals surface area contributed by atoms with Gasteiger partial charge in [0.25, 0.3) is 0 Å². The van der Waals surface area contributed by atoms with Crippen molar-refractivity contribution < 1.29 is 0 Å². The maximum atomic E-state index is 5.74. The number of hydrogen-bond donors (Lipinski definition) is 2. The normalized spacial score (nSPS) is 25.7. The second-order valence-corrected chi connectivity index (χ2v) is 4.28. The van der Waals surface area contributed by atoms with E-state index in [-0.39, 0.29) is 0 Å². The van der Waals surface area contributed by atoms with Crippen LogP contribution in [0.3, 0.4) is 0 Å². The summed E-state index contributed by atoms with van der Waals surface area (Å²) in [7, 11) is 0. The molecule has 1 saturated carbocycles. The van der Waals surface area contributed by atoms with Crippen molar-refractivity contribution in [2.75, 3.05) is 6.54 Å². The van der Waals surface area contributed by atoms with Gasteiger partial charge >= 0.3 is 0 Å². The van der Waals surface area contributed by atoms with Crippen LogP contribution in [0.4, 0.5) is 0 Å². The van der Waals surface area contributed by atoms with Gasteiger partial charge in [0.1, 0.15) is 0 Å². The largest absolute Gasteiger partial charge is 0.330 e. The smallest absolute Gasteiger partial charge is 0.0312 e. The second-order valence-electron chi connectivity index (χ2n) is 4.28. The van der Waals surface area contributed by atoms with Gasteiger partial charge in [-0.2, -0.15) is 0 Å². The minimum Gasteiger partial charge on any atom is -0.330 e. The molecule has 0 saturated heterocycles. The summed E-state index contributed by atoms with van der Waals surface area (Å²) in [4.78, 5) is 4.10. The Hall–Kier alpha value is -0.930. The summed E-state index contributed by atoms with van der Waals surface area (Å²) in [6.45, 7) is 1.72. The van der Waals surface area contributed by atoms with Crippen molar-refractivity contribution >= 4 is 0 Å². The van der Waals surface area contributed by atoms with Gasteiger partial charge in [0.2, 0.25) is 0 Å². The quantitative estimate of drug-likeness (QED) is 0.779. The molecule has 3 N–H and O–H groups in total. The predicted octanol–water partition coefficient (Wildman–Crippen LogP) is 1.30. The van der Waals surface area contributed by atoms with Crippen LogP contribution in [-0.2, 0) is 6.54 Å². The molecule has 1 aromatic rings. The maximum Gasteiger partial charge on any atom is 0.0312 e. The van der Waals surface area contributed by atoms with E-state index in [2.05, 4.69) is 16.4 Å². The molecule has 0 radical (unpaired) electrons. The van der Waals surface area contributed by atoms with Crippen LogP contribution in [0.1, 0.15) is 24.8 Å². The highest BCUT2D eigenvalue weighted by atomic mass is 14.9. The van der Waals surface area contributed by atoms with Crippen LogP contribution in [0.25, 0.3) is 0 Å². The van der Waals surface area contributed by atoms with Crippen molar-refractivity contribution in [3.8, 4) is 0 Å². The Balaban J connectivity index is 1.83. The lowest BCUT2D eigenvalue weighted by Crippen LogP contribution is -2.35. The first-order valence-corrected chi connectivity index (χ1v) is 5.72. The van der Waals surface area contributed by atoms with Crippen molar-refractivity contribution in [2.24, 2.45) is 11.7 Å². The van der Waals surface area contributed by atoms with Crippen molar-refractivity contribution in [3.63, 3.8) is 0 Å². The fraction of sp³-hybridized carbons (Fsp3) is 0.583. The van der Waals surface area contributed by atoms with E-state index in [1.54, 1.807) is 0 Å². The van der Waals surface area contributed by atoms with E-state index in [0.29, 0.717) is 12.0 Å². The Kier molecular flexibility index (Phi) is 3.69. The van der Waals surface area contributed by atoms with Crippen LogP contribution >= 0.6 is 0 Å². The van der Waals surface area contributed by atoms with Crippen molar-refractivity contribution in [1.82, 2.24) is 10.3 Å². The number of aromatic nitrogens is 1. The lowest BCUT2D eigenvalue weighted by molar-refractivity contribution is 0.406. The molecule has 0 bridgehead atoms. The van der Waals surface area contributed by atoms with Crippen LogP contribution in [0.2, 0.25) is 0 Å². The Labute approximate surface area is 91.1 Å². The summed E-state index contributed by atoms with van der Waals surface area (Å²) in [6, 6.07) is 4.69. The lowest BCUT2D eigenvalue weighted by atomic mass is 10.0. The first-order valence-electron chi connectivity index (χ1n) is 5.72. The number of nitrogens with two attached hydrogens (primary N) is 1. The molecule has 3 heteroatoms. The molecule has 1 aliphatic rings. The highest BCUT2D eigenvalue weighted by molar-refractivity contribution is 5.08. The molecule has 0 spiro atoms. The average Bonchev–Trinajstić information content (AvgIpc) is 2.75. The molecule has 2 atom stereocenters. The molecule has 1 aromatic heterocycles. The molecule has 2 unspecified atom stereocenters. The molecular formula is C12H19N3. The third-order valence-electron chi connectivity index (χ3n) is 3.25. The van der Waals surface area contributed by atoms with Gasteiger partial charge in [-0.1, -0.05) is 12.5 Å². The monoisotopic (exact) mass is 205 g/mol. The minimum atomic E-state index is 0.607. The summed E-state index contributed by atoms with van der Waals surface area (Å²) in [5, 5.41) is 3.58. The molecule has 0 aromatic carbocycles. The van der Waals surface area contributed by atoms with E-state index in [9.17, 15) is 0 Å². The SMILES string of the molecule is NCC1CCCC1NCc1cccnc1. The van der Waals surface area contributed by atoms with Crippen LogP contribution in [-0.4, -0.2) is 17.6 Å². The molecular weight excluding hydrogens is 186 g/mol. The first-order chi connectivity index (χ1) is 7.40. The second kappa shape index (κ2) is 5.24. The van der Waals surface area contributed by atoms with E-state index >= 15 is 0 Å². The van der Waals surface area contributed by atoms with Gasteiger partial charge in [0, 0.05) is 25.0 Å². The highest BCUT2D eigenvalue weighted by Gasteiger charge is 2.25. The van der Waals surface area contributed by atoms with Gasteiger partial charge in [-0.05, 0) is 36.9 Å². The summed E-state index contributed by atoms with van der Waals surface area (Å²) in [5.41, 5.74) is 6.99. The van der Waals surface area contributed by atoms with Crippen molar-refractivity contribution in [3.05, 3.63) is 30.1 Å². The average molecular weight is 205 g/mol. The molecule has 1 fully saturated rings. The Morgan fingerprint density at radius 2 is 2.40 bits per heavy atom. The van der Waals surface area contributed by atoms with E-state index in [1.165, 1.54) is 24.8 Å². The third-order valence-corrected chi connectivity index (χ3v) is 3.25. The molecule has 15 heavy (non-hydrogen) atoms. The third kappa shape index (κ3) is 2.76. The molecule has 0 aliphatic heterocycles. The van der Waals surface area contributed by atoms with Gasteiger partial charge < -0.3 is 11.1 Å². The van der Waals surface area contributed by atoms with E-state index in [0.717, 1.165) is 13.1 Å². The van der Waals surface area contributed by atoms with Crippen LogP contribution < -0.4 is 11.1 Å². The zero-order valence-electron chi connectivity index (χ0n) is 9.02. The summed E-state index contributed by atoms with van der Waals surface area (Å²) < 4.78 is 0. The number of nitrogens with zero attached hydrogens (tertiary/aromatic N) is 1. The summed E-state index contributed by atoms with van der Waals surface area (Å²) in [6.07, 6.45) is 7.58. The fourth-order valence-electron chi connectivity index (χ4n) is 2.34. The number of nitrogens with one attached hydrogen (secondary N) is 1. The topological polar surface area (TPSA) is 50.9 Å². The van der Waals surface area contributed by atoms with Crippen LogP contribution in [0, 0.1) is 5.92 Å². The zero-order chi connectivity index (χ0) is 10.5. The van der Waals surface area contributed by atoms with Gasteiger partial charge in [-0.15, -0.1) is 0 Å².